The Morgan fingerprint density at radius 3 is 2.21 bits per heavy atom. The molecule has 0 unspecified atom stereocenters. The largest absolute Gasteiger partial charge is 0.352 e. The third kappa shape index (κ3) is 7.58. The smallest absolute Gasteiger partial charge is 0.244 e. The molecule has 0 heterocycles. The van der Waals surface area contributed by atoms with Crippen LogP contribution in [-0.2, 0) is 26.2 Å². The van der Waals surface area contributed by atoms with Crippen LogP contribution in [0.5, 0.6) is 0 Å². The maximum Gasteiger partial charge on any atom is 0.244 e. The number of rotatable bonds is 10. The minimum atomic E-state index is -3.89. The van der Waals surface area contributed by atoms with Gasteiger partial charge in [0.2, 0.25) is 21.8 Å². The predicted octanol–water partition coefficient (Wildman–Crippen LogP) is 4.23. The van der Waals surface area contributed by atoms with Crippen molar-refractivity contribution in [3.8, 4) is 0 Å². The lowest BCUT2D eigenvalue weighted by Gasteiger charge is -2.32. The number of hydrogen-bond acceptors (Lipinski definition) is 4. The number of hydrogen-bond donors (Lipinski definition) is 1. The lowest BCUT2D eigenvalue weighted by molar-refractivity contribution is -0.139. The topological polar surface area (TPSA) is 86.8 Å². The van der Waals surface area contributed by atoms with E-state index in [9.17, 15) is 22.4 Å². The van der Waals surface area contributed by atoms with Crippen LogP contribution in [0.25, 0.3) is 0 Å². The van der Waals surface area contributed by atoms with Gasteiger partial charge in [0.1, 0.15) is 18.4 Å². The van der Waals surface area contributed by atoms with Gasteiger partial charge in [-0.15, -0.1) is 0 Å². The average Bonchev–Trinajstić information content (AvgIpc) is 2.77. The zero-order valence-electron chi connectivity index (χ0n) is 19.4. The second-order valence-corrected chi connectivity index (χ2v) is 10.7. The van der Waals surface area contributed by atoms with Crippen LogP contribution >= 0.6 is 23.2 Å². The minimum absolute atomic E-state index is 0.0207. The van der Waals surface area contributed by atoms with Gasteiger partial charge in [-0.2, -0.15) is 0 Å². The van der Waals surface area contributed by atoms with Crippen LogP contribution in [0.2, 0.25) is 10.0 Å². The molecule has 0 aliphatic heterocycles. The van der Waals surface area contributed by atoms with E-state index in [0.717, 1.165) is 10.6 Å². The van der Waals surface area contributed by atoms with Crippen molar-refractivity contribution in [1.29, 1.82) is 0 Å². The third-order valence-corrected chi connectivity index (χ3v) is 7.18. The van der Waals surface area contributed by atoms with Gasteiger partial charge in [-0.05, 0) is 56.2 Å². The molecule has 0 radical (unpaired) electrons. The lowest BCUT2D eigenvalue weighted by atomic mass is 10.1. The van der Waals surface area contributed by atoms with E-state index in [1.807, 2.05) is 13.8 Å². The second kappa shape index (κ2) is 11.9. The van der Waals surface area contributed by atoms with Gasteiger partial charge in [-0.25, -0.2) is 12.8 Å². The molecule has 2 aromatic carbocycles. The SMILES string of the molecule is CC[C@@H](C)NC(=O)[C@H](C)N(Cc1ccc(F)cc1)C(=O)CN(c1ccc(Cl)c(Cl)c1)S(C)(=O)=O. The first-order valence-corrected chi connectivity index (χ1v) is 13.2. The molecular weight excluding hydrogens is 504 g/mol. The number of benzene rings is 2. The van der Waals surface area contributed by atoms with Gasteiger partial charge in [0.25, 0.3) is 0 Å². The van der Waals surface area contributed by atoms with Crippen molar-refractivity contribution in [2.24, 2.45) is 0 Å². The number of nitrogens with zero attached hydrogens (tertiary/aromatic N) is 2. The van der Waals surface area contributed by atoms with Crippen LogP contribution in [0.3, 0.4) is 0 Å². The summed E-state index contributed by atoms with van der Waals surface area (Å²) in [5.41, 5.74) is 0.738. The van der Waals surface area contributed by atoms with E-state index in [1.165, 1.54) is 47.4 Å². The van der Waals surface area contributed by atoms with E-state index >= 15 is 0 Å². The minimum Gasteiger partial charge on any atom is -0.352 e. The molecule has 0 aromatic heterocycles. The Labute approximate surface area is 209 Å². The highest BCUT2D eigenvalue weighted by molar-refractivity contribution is 7.92. The first kappa shape index (κ1) is 27.9. The molecule has 0 fully saturated rings. The third-order valence-electron chi connectivity index (χ3n) is 5.30. The number of nitrogens with one attached hydrogen (secondary N) is 1. The molecule has 1 N–H and O–H groups in total. The van der Waals surface area contributed by atoms with Crippen molar-refractivity contribution < 1.29 is 22.4 Å². The fourth-order valence-electron chi connectivity index (χ4n) is 3.09. The number of carbonyl (C=O) groups is 2. The highest BCUT2D eigenvalue weighted by atomic mass is 35.5. The number of sulfonamides is 1. The van der Waals surface area contributed by atoms with Crippen molar-refractivity contribution in [3.63, 3.8) is 0 Å². The highest BCUT2D eigenvalue weighted by Crippen LogP contribution is 2.28. The fraction of sp³-hybridized carbons (Fsp3) is 0.391. The average molecular weight is 532 g/mol. The van der Waals surface area contributed by atoms with E-state index < -0.39 is 34.3 Å². The molecule has 2 amide bonds. The van der Waals surface area contributed by atoms with Crippen molar-refractivity contribution in [2.45, 2.75) is 45.8 Å². The summed E-state index contributed by atoms with van der Waals surface area (Å²) in [6.45, 7) is 4.72. The maximum absolute atomic E-state index is 13.4. The standard InChI is InChI=1S/C23H28Cl2FN3O4S/c1-5-15(2)27-23(31)16(3)28(13-17-6-8-18(26)9-7-17)22(30)14-29(34(4,32)33)19-10-11-20(24)21(25)12-19/h6-12,15-16H,5,13-14H2,1-4H3,(H,27,31)/t15-,16+/m1/s1. The summed E-state index contributed by atoms with van der Waals surface area (Å²) in [7, 11) is -3.89. The predicted molar refractivity (Wildman–Crippen MR) is 133 cm³/mol. The van der Waals surface area contributed by atoms with Crippen molar-refractivity contribution in [3.05, 3.63) is 63.9 Å². The molecule has 0 aliphatic rings. The van der Waals surface area contributed by atoms with Crippen LogP contribution < -0.4 is 9.62 Å². The number of carbonyl (C=O) groups excluding carboxylic acids is 2. The second-order valence-electron chi connectivity index (χ2n) is 8.01. The Bertz CT molecular complexity index is 1130. The zero-order chi connectivity index (χ0) is 25.6. The molecule has 34 heavy (non-hydrogen) atoms. The lowest BCUT2D eigenvalue weighted by Crippen LogP contribution is -2.52. The van der Waals surface area contributed by atoms with Crippen LogP contribution in [0.4, 0.5) is 10.1 Å². The zero-order valence-corrected chi connectivity index (χ0v) is 21.7. The maximum atomic E-state index is 13.4. The summed E-state index contributed by atoms with van der Waals surface area (Å²) < 4.78 is 39.3. The van der Waals surface area contributed by atoms with E-state index in [4.69, 9.17) is 23.2 Å². The van der Waals surface area contributed by atoms with E-state index in [1.54, 1.807) is 6.92 Å². The molecule has 7 nitrogen and oxygen atoms in total. The Morgan fingerprint density at radius 2 is 1.68 bits per heavy atom. The van der Waals surface area contributed by atoms with Gasteiger partial charge >= 0.3 is 0 Å². The summed E-state index contributed by atoms with van der Waals surface area (Å²) in [5.74, 6) is -1.44. The molecule has 0 bridgehead atoms. The summed E-state index contributed by atoms with van der Waals surface area (Å²) in [6.07, 6.45) is 1.66. The molecule has 0 saturated heterocycles. The Hall–Kier alpha value is -2.36. The monoisotopic (exact) mass is 531 g/mol. The van der Waals surface area contributed by atoms with Crippen molar-refractivity contribution in [1.82, 2.24) is 10.2 Å². The molecule has 186 valence electrons. The Balaban J connectivity index is 2.39. The number of anilines is 1. The molecule has 0 spiro atoms. The first-order valence-electron chi connectivity index (χ1n) is 10.6. The normalized spacial score (nSPS) is 13.1. The van der Waals surface area contributed by atoms with Crippen LogP contribution in [0, 0.1) is 5.82 Å². The van der Waals surface area contributed by atoms with Gasteiger partial charge in [0.05, 0.1) is 22.0 Å². The molecule has 0 saturated carbocycles. The van der Waals surface area contributed by atoms with Crippen LogP contribution in [-0.4, -0.2) is 50.0 Å². The van der Waals surface area contributed by atoms with Gasteiger partial charge in [-0.3, -0.25) is 13.9 Å². The molecule has 2 aromatic rings. The van der Waals surface area contributed by atoms with Crippen molar-refractivity contribution in [2.75, 3.05) is 17.1 Å². The van der Waals surface area contributed by atoms with E-state index in [2.05, 4.69) is 5.32 Å². The first-order chi connectivity index (χ1) is 15.8. The highest BCUT2D eigenvalue weighted by Gasteiger charge is 2.30. The Kier molecular flexibility index (Phi) is 9.73. The number of halogens is 3. The summed E-state index contributed by atoms with van der Waals surface area (Å²) in [6, 6.07) is 8.70. The van der Waals surface area contributed by atoms with Gasteiger partial charge < -0.3 is 10.2 Å². The summed E-state index contributed by atoms with van der Waals surface area (Å²) >= 11 is 12.0. The fourth-order valence-corrected chi connectivity index (χ4v) is 4.22. The number of amides is 2. The van der Waals surface area contributed by atoms with Crippen LogP contribution in [0.1, 0.15) is 32.8 Å². The summed E-state index contributed by atoms with van der Waals surface area (Å²) in [4.78, 5) is 27.5. The van der Waals surface area contributed by atoms with Gasteiger partial charge in [0, 0.05) is 12.6 Å². The molecular formula is C23H28Cl2FN3O4S. The quantitative estimate of drug-likeness (QED) is 0.496. The molecule has 2 rings (SSSR count). The van der Waals surface area contributed by atoms with E-state index in [0.29, 0.717) is 12.0 Å². The van der Waals surface area contributed by atoms with Crippen molar-refractivity contribution >= 4 is 50.7 Å². The molecule has 0 aliphatic carbocycles. The Morgan fingerprint density at radius 1 is 1.06 bits per heavy atom. The van der Waals surface area contributed by atoms with Gasteiger partial charge in [-0.1, -0.05) is 42.3 Å². The summed E-state index contributed by atoms with van der Waals surface area (Å²) in [5, 5.41) is 3.20. The molecule has 11 heteroatoms. The van der Waals surface area contributed by atoms with Crippen LogP contribution in [0.15, 0.2) is 42.5 Å². The van der Waals surface area contributed by atoms with Gasteiger partial charge in [0.15, 0.2) is 0 Å². The molecule has 2 atom stereocenters. The van der Waals surface area contributed by atoms with E-state index in [-0.39, 0.29) is 34.2 Å².